The number of anilines is 1. The molecule has 0 saturated carbocycles. The largest absolute Gasteiger partial charge is 0.357 e. The van der Waals surface area contributed by atoms with E-state index in [0.29, 0.717) is 25.6 Å². The lowest BCUT2D eigenvalue weighted by Gasteiger charge is -2.33. The van der Waals surface area contributed by atoms with Crippen molar-refractivity contribution in [2.24, 2.45) is 4.99 Å². The number of para-hydroxylation sites is 1. The number of benzene rings is 2. The molecule has 7 heteroatoms. The highest BCUT2D eigenvalue weighted by Gasteiger charge is 2.24. The molecule has 1 fully saturated rings. The minimum Gasteiger partial charge on any atom is -0.357 e. The maximum Gasteiger partial charge on any atom is 0.225 e. The Morgan fingerprint density at radius 1 is 1.09 bits per heavy atom. The predicted octanol–water partition coefficient (Wildman–Crippen LogP) is 4.86. The molecule has 2 aromatic carbocycles. The van der Waals surface area contributed by atoms with Crippen molar-refractivity contribution in [3.63, 3.8) is 0 Å². The summed E-state index contributed by atoms with van der Waals surface area (Å²) in [6.07, 6.45) is 4.47. The van der Waals surface area contributed by atoms with Crippen molar-refractivity contribution in [2.75, 3.05) is 25.0 Å². The summed E-state index contributed by atoms with van der Waals surface area (Å²) < 4.78 is 0. The van der Waals surface area contributed by atoms with Crippen molar-refractivity contribution in [3.8, 4) is 0 Å². The van der Waals surface area contributed by atoms with Crippen LogP contribution in [0.5, 0.6) is 0 Å². The average Bonchev–Trinajstić information content (AvgIpc) is 2.83. The molecular weight excluding hydrogens is 537 g/mol. The Kier molecular flexibility index (Phi) is 10.2. The van der Waals surface area contributed by atoms with E-state index in [1.807, 2.05) is 18.2 Å². The number of guanidine groups is 1. The SMILES string of the molecule is CCNC(=NCc1ccc(CN2CCCCC2C)cc1)NCC1CC(=O)Nc2ccccc21.I. The maximum atomic E-state index is 12.1. The number of carbonyl (C=O) groups is 1. The van der Waals surface area contributed by atoms with E-state index in [2.05, 4.69) is 65.0 Å². The summed E-state index contributed by atoms with van der Waals surface area (Å²) in [4.78, 5) is 19.5. The third-order valence-electron chi connectivity index (χ3n) is 6.74. The second-order valence-corrected chi connectivity index (χ2v) is 9.24. The summed E-state index contributed by atoms with van der Waals surface area (Å²) in [5, 5.41) is 9.74. The quantitative estimate of drug-likeness (QED) is 0.251. The topological polar surface area (TPSA) is 68.8 Å². The molecule has 0 bridgehead atoms. The Bertz CT molecular complexity index is 962. The maximum absolute atomic E-state index is 12.1. The van der Waals surface area contributed by atoms with Gasteiger partial charge in [0, 0.05) is 43.7 Å². The van der Waals surface area contributed by atoms with E-state index in [9.17, 15) is 4.79 Å². The van der Waals surface area contributed by atoms with Gasteiger partial charge in [0.15, 0.2) is 5.96 Å². The van der Waals surface area contributed by atoms with Crippen LogP contribution in [-0.4, -0.2) is 42.4 Å². The van der Waals surface area contributed by atoms with Gasteiger partial charge >= 0.3 is 0 Å². The molecule has 6 nitrogen and oxygen atoms in total. The number of rotatable bonds is 7. The van der Waals surface area contributed by atoms with Crippen LogP contribution in [0.3, 0.4) is 0 Å². The third kappa shape index (κ3) is 7.18. The predicted molar refractivity (Wildman–Crippen MR) is 151 cm³/mol. The fraction of sp³-hybridized carbons (Fsp3) is 0.481. The smallest absolute Gasteiger partial charge is 0.225 e. The number of piperidine rings is 1. The van der Waals surface area contributed by atoms with Crippen molar-refractivity contribution in [3.05, 3.63) is 65.2 Å². The van der Waals surface area contributed by atoms with Crippen LogP contribution in [0.4, 0.5) is 5.69 Å². The zero-order valence-electron chi connectivity index (χ0n) is 20.3. The zero-order valence-corrected chi connectivity index (χ0v) is 22.7. The Morgan fingerprint density at radius 2 is 1.85 bits per heavy atom. The van der Waals surface area contributed by atoms with Crippen LogP contribution in [0.15, 0.2) is 53.5 Å². The standard InChI is InChI=1S/C27H37N5O.HI/c1-3-28-27(30-18-23-16-26(33)31-25-10-5-4-9-24(23)25)29-17-21-11-13-22(14-12-21)19-32-15-7-6-8-20(32)2;/h4-5,9-14,20,23H,3,6-8,15-19H2,1-2H3,(H,31,33)(H2,28,29,30);1H. The van der Waals surface area contributed by atoms with Gasteiger partial charge < -0.3 is 16.0 Å². The lowest BCUT2D eigenvalue weighted by Crippen LogP contribution is -2.40. The van der Waals surface area contributed by atoms with E-state index < -0.39 is 0 Å². The fourth-order valence-electron chi connectivity index (χ4n) is 4.79. The van der Waals surface area contributed by atoms with Crippen LogP contribution >= 0.6 is 24.0 Å². The highest BCUT2D eigenvalue weighted by atomic mass is 127. The normalized spacial score (nSPS) is 20.6. The van der Waals surface area contributed by atoms with Gasteiger partial charge in [0.1, 0.15) is 0 Å². The molecule has 1 amide bonds. The summed E-state index contributed by atoms with van der Waals surface area (Å²) in [5.74, 6) is 0.990. The fourth-order valence-corrected chi connectivity index (χ4v) is 4.79. The van der Waals surface area contributed by atoms with Crippen molar-refractivity contribution >= 4 is 41.5 Å². The molecule has 2 aromatic rings. The number of aliphatic imine (C=N–C) groups is 1. The zero-order chi connectivity index (χ0) is 23.0. The van der Waals surface area contributed by atoms with Gasteiger partial charge in [0.05, 0.1) is 6.54 Å². The number of hydrogen-bond donors (Lipinski definition) is 3. The van der Waals surface area contributed by atoms with E-state index in [-0.39, 0.29) is 35.8 Å². The van der Waals surface area contributed by atoms with E-state index in [0.717, 1.165) is 24.7 Å². The summed E-state index contributed by atoms with van der Waals surface area (Å²) in [7, 11) is 0. The van der Waals surface area contributed by atoms with Gasteiger partial charge in [-0.05, 0) is 56.0 Å². The van der Waals surface area contributed by atoms with Crippen LogP contribution in [0.25, 0.3) is 0 Å². The second kappa shape index (κ2) is 13.1. The van der Waals surface area contributed by atoms with Gasteiger partial charge in [0.2, 0.25) is 5.91 Å². The van der Waals surface area contributed by atoms with Gasteiger partial charge in [-0.15, -0.1) is 24.0 Å². The lowest BCUT2D eigenvalue weighted by molar-refractivity contribution is -0.116. The first-order valence-electron chi connectivity index (χ1n) is 12.3. The average molecular weight is 576 g/mol. The molecule has 2 aliphatic heterocycles. The molecule has 2 unspecified atom stereocenters. The molecule has 2 aliphatic rings. The van der Waals surface area contributed by atoms with Crippen LogP contribution in [0.2, 0.25) is 0 Å². The Hall–Kier alpha value is -2.13. The summed E-state index contributed by atoms with van der Waals surface area (Å²) >= 11 is 0. The Labute approximate surface area is 221 Å². The van der Waals surface area contributed by atoms with Gasteiger partial charge in [-0.1, -0.05) is 48.9 Å². The molecule has 4 rings (SSSR count). The molecule has 3 N–H and O–H groups in total. The van der Waals surface area contributed by atoms with Crippen molar-refractivity contribution in [1.29, 1.82) is 0 Å². The summed E-state index contributed by atoms with van der Waals surface area (Å²) in [5.41, 5.74) is 4.67. The summed E-state index contributed by atoms with van der Waals surface area (Å²) in [6, 6.07) is 17.6. The Morgan fingerprint density at radius 3 is 2.62 bits per heavy atom. The first-order valence-corrected chi connectivity index (χ1v) is 12.3. The number of nitrogens with one attached hydrogen (secondary N) is 3. The molecule has 2 atom stereocenters. The lowest BCUT2D eigenvalue weighted by atomic mass is 9.90. The van der Waals surface area contributed by atoms with Crippen LogP contribution in [-0.2, 0) is 17.9 Å². The molecule has 0 aromatic heterocycles. The number of nitrogens with zero attached hydrogens (tertiary/aromatic N) is 2. The number of amides is 1. The molecule has 0 spiro atoms. The Balaban J connectivity index is 0.00000324. The van der Waals surface area contributed by atoms with Crippen LogP contribution < -0.4 is 16.0 Å². The van der Waals surface area contributed by atoms with Crippen molar-refractivity contribution < 1.29 is 4.79 Å². The monoisotopic (exact) mass is 575 g/mol. The highest BCUT2D eigenvalue weighted by molar-refractivity contribution is 14.0. The number of carbonyl (C=O) groups excluding carboxylic acids is 1. The summed E-state index contributed by atoms with van der Waals surface area (Å²) in [6.45, 7) is 8.73. The van der Waals surface area contributed by atoms with Gasteiger partial charge in [-0.2, -0.15) is 0 Å². The van der Waals surface area contributed by atoms with Gasteiger partial charge in [0.25, 0.3) is 0 Å². The number of halogens is 1. The van der Waals surface area contributed by atoms with E-state index in [4.69, 9.17) is 4.99 Å². The van der Waals surface area contributed by atoms with Crippen LogP contribution in [0.1, 0.15) is 62.1 Å². The molecule has 1 saturated heterocycles. The first-order chi connectivity index (χ1) is 16.1. The van der Waals surface area contributed by atoms with E-state index >= 15 is 0 Å². The number of hydrogen-bond acceptors (Lipinski definition) is 3. The molecule has 184 valence electrons. The number of fused-ring (bicyclic) bond motifs is 1. The van der Waals surface area contributed by atoms with Gasteiger partial charge in [-0.3, -0.25) is 9.69 Å². The molecule has 34 heavy (non-hydrogen) atoms. The van der Waals surface area contributed by atoms with E-state index in [1.54, 1.807) is 0 Å². The molecule has 0 aliphatic carbocycles. The first kappa shape index (κ1) is 26.5. The van der Waals surface area contributed by atoms with Crippen molar-refractivity contribution in [1.82, 2.24) is 15.5 Å². The van der Waals surface area contributed by atoms with E-state index in [1.165, 1.54) is 42.5 Å². The molecule has 0 radical (unpaired) electrons. The van der Waals surface area contributed by atoms with Gasteiger partial charge in [-0.25, -0.2) is 4.99 Å². The van der Waals surface area contributed by atoms with Crippen molar-refractivity contribution in [2.45, 2.75) is 64.6 Å². The van der Waals surface area contributed by atoms with Crippen LogP contribution in [0, 0.1) is 0 Å². The molecule has 2 heterocycles. The second-order valence-electron chi connectivity index (χ2n) is 9.24. The minimum atomic E-state index is 0. The molecular formula is C27H38IN5O. The minimum absolute atomic E-state index is 0. The third-order valence-corrected chi connectivity index (χ3v) is 6.74. The number of likely N-dealkylation sites (tertiary alicyclic amines) is 1. The highest BCUT2D eigenvalue weighted by Crippen LogP contribution is 2.31.